The SMILES string of the molecule is FP1(F)=CP(c2ccccc2)(c2ccccc2)=C[P@](F)(OCCCO[P@@]2(F)=CP(F)(F)=CP(c3ccccc3)(c3ccccc3)=C2)=C1. The van der Waals surface area contributed by atoms with Crippen LogP contribution in [0.3, 0.4) is 0 Å². The maximum atomic E-state index is 16.5. The van der Waals surface area contributed by atoms with Gasteiger partial charge in [0.25, 0.3) is 0 Å². The fourth-order valence-corrected chi connectivity index (χ4v) is 31.0. The Balaban J connectivity index is 1.28. The van der Waals surface area contributed by atoms with Gasteiger partial charge in [-0.25, -0.2) is 0 Å². The van der Waals surface area contributed by atoms with Crippen LogP contribution in [0.4, 0.5) is 25.2 Å². The van der Waals surface area contributed by atoms with Gasteiger partial charge in [-0.15, -0.1) is 0 Å². The van der Waals surface area contributed by atoms with Gasteiger partial charge in [-0.3, -0.25) is 0 Å². The van der Waals surface area contributed by atoms with Crippen molar-refractivity contribution in [2.45, 2.75) is 6.42 Å². The van der Waals surface area contributed by atoms with E-state index in [-0.39, 0.29) is 19.6 Å². The fourth-order valence-electron chi connectivity index (χ4n) is 5.71. The van der Waals surface area contributed by atoms with Crippen molar-refractivity contribution in [3.05, 3.63) is 121 Å². The molecule has 248 valence electrons. The normalized spacial score (nSPS) is 25.0. The lowest BCUT2D eigenvalue weighted by Crippen LogP contribution is -2.21. The molecule has 14 heteroatoms. The van der Waals surface area contributed by atoms with E-state index < -0.39 is 43.6 Å². The van der Waals surface area contributed by atoms with Gasteiger partial charge < -0.3 is 9.05 Å². The van der Waals surface area contributed by atoms with E-state index in [1.54, 1.807) is 121 Å². The van der Waals surface area contributed by atoms with Crippen LogP contribution in [0.25, 0.3) is 0 Å². The third-order valence-electron chi connectivity index (χ3n) is 7.57. The van der Waals surface area contributed by atoms with Crippen molar-refractivity contribution in [3.63, 3.8) is 0 Å². The minimum Gasteiger partial charge on any atom is -0.331 e. The lowest BCUT2D eigenvalue weighted by Gasteiger charge is -2.31. The minimum absolute atomic E-state index is 0.0770. The van der Waals surface area contributed by atoms with Crippen LogP contribution < -0.4 is 21.2 Å². The van der Waals surface area contributed by atoms with Crippen LogP contribution in [-0.2, 0) is 9.05 Å². The van der Waals surface area contributed by atoms with Crippen molar-refractivity contribution < 1.29 is 34.2 Å². The third-order valence-corrected chi connectivity index (χ3v) is 29.1. The molecule has 0 N–H and O–H groups in total. The second-order valence-corrected chi connectivity index (χ2v) is 27.2. The molecule has 6 rings (SSSR count). The molecular weight excluding hydrogens is 728 g/mol. The molecule has 0 spiro atoms. The molecule has 47 heavy (non-hydrogen) atoms. The summed E-state index contributed by atoms with van der Waals surface area (Å²) in [6, 6.07) is 34.8. The summed E-state index contributed by atoms with van der Waals surface area (Å²) in [5.41, 5.74) is 5.64. The van der Waals surface area contributed by atoms with E-state index in [0.717, 1.165) is 11.1 Å². The van der Waals surface area contributed by atoms with Crippen molar-refractivity contribution in [2.75, 3.05) is 13.2 Å². The van der Waals surface area contributed by atoms with E-state index in [2.05, 4.69) is 0 Å². The minimum atomic E-state index is -4.94. The summed E-state index contributed by atoms with van der Waals surface area (Å²) in [7, 11) is -18.6. The molecule has 0 radical (unpaired) electrons. The average molecular weight is 760 g/mol. The van der Waals surface area contributed by atoms with Crippen molar-refractivity contribution in [1.82, 2.24) is 0 Å². The summed E-state index contributed by atoms with van der Waals surface area (Å²) in [6.45, 7) is -6.95. The Morgan fingerprint density at radius 1 is 0.362 bits per heavy atom. The first kappa shape index (κ1) is 35.0. The van der Waals surface area contributed by atoms with Crippen molar-refractivity contribution in [3.8, 4) is 0 Å². The van der Waals surface area contributed by atoms with E-state index in [1.165, 1.54) is 11.1 Å². The molecule has 0 unspecified atom stereocenters. The Bertz CT molecular complexity index is 1850. The van der Waals surface area contributed by atoms with E-state index in [9.17, 15) is 0 Å². The molecule has 2 aliphatic heterocycles. The second kappa shape index (κ2) is 13.8. The number of hydrogen-bond donors (Lipinski definition) is 0. The maximum absolute atomic E-state index is 16.5. The van der Waals surface area contributed by atoms with Gasteiger partial charge in [0, 0.05) is 22.2 Å². The lowest BCUT2D eigenvalue weighted by molar-refractivity contribution is 0.265. The zero-order valence-electron chi connectivity index (χ0n) is 24.9. The van der Waals surface area contributed by atoms with Crippen molar-refractivity contribution in [1.29, 1.82) is 0 Å². The van der Waals surface area contributed by atoms with E-state index in [0.29, 0.717) is 32.3 Å². The summed E-state index contributed by atoms with van der Waals surface area (Å²) in [6.07, 6.45) is -0.0770. The average Bonchev–Trinajstić information content (AvgIpc) is 3.04. The van der Waals surface area contributed by atoms with Crippen molar-refractivity contribution >= 4 is 98.1 Å². The predicted octanol–water partition coefficient (Wildman–Crippen LogP) is 10.5. The highest BCUT2D eigenvalue weighted by molar-refractivity contribution is 8.22. The molecule has 2 heterocycles. The van der Waals surface area contributed by atoms with Crippen LogP contribution >= 0.6 is 43.6 Å². The Hall–Kier alpha value is -1.82. The monoisotopic (exact) mass is 760 g/mol. The van der Waals surface area contributed by atoms with Crippen LogP contribution in [0.5, 0.6) is 0 Å². The molecule has 4 aromatic rings. The number of benzene rings is 4. The Morgan fingerprint density at radius 3 is 0.915 bits per heavy atom. The molecule has 0 saturated heterocycles. The zero-order valence-corrected chi connectivity index (χ0v) is 30.3. The number of hydrogen-bond acceptors (Lipinski definition) is 2. The lowest BCUT2D eigenvalue weighted by atomic mass is 10.4. The first-order valence-corrected chi connectivity index (χ1v) is 25.3. The number of rotatable bonds is 10. The Kier molecular flexibility index (Phi) is 10.3. The molecule has 0 fully saturated rings. The molecule has 0 saturated carbocycles. The van der Waals surface area contributed by atoms with Gasteiger partial charge in [0.1, 0.15) is 0 Å². The molecule has 0 aliphatic carbocycles. The fraction of sp³-hybridized carbons (Fsp3) is 0.0909. The number of halogens is 6. The summed E-state index contributed by atoms with van der Waals surface area (Å²) in [5.74, 6) is 0. The van der Waals surface area contributed by atoms with Crippen LogP contribution in [-0.4, -0.2) is 46.4 Å². The maximum Gasteiger partial charge on any atom is 0.241 e. The molecule has 2 aliphatic rings. The Morgan fingerprint density at radius 2 is 0.638 bits per heavy atom. The third kappa shape index (κ3) is 7.83. The first-order valence-electron chi connectivity index (χ1n) is 14.6. The smallest absolute Gasteiger partial charge is 0.241 e. The Labute approximate surface area is 272 Å². The van der Waals surface area contributed by atoms with E-state index in [4.69, 9.17) is 9.05 Å². The van der Waals surface area contributed by atoms with Gasteiger partial charge in [0.2, 0.25) is 15.0 Å². The van der Waals surface area contributed by atoms with Gasteiger partial charge in [-0.1, -0.05) is 121 Å². The van der Waals surface area contributed by atoms with Crippen LogP contribution in [0.2, 0.25) is 0 Å². The van der Waals surface area contributed by atoms with Crippen LogP contribution in [0.15, 0.2) is 121 Å². The predicted molar refractivity (Wildman–Crippen MR) is 205 cm³/mol. The highest BCUT2D eigenvalue weighted by atomic mass is 31.3. The van der Waals surface area contributed by atoms with Crippen molar-refractivity contribution in [2.24, 2.45) is 0 Å². The second-order valence-electron chi connectivity index (χ2n) is 11.1. The van der Waals surface area contributed by atoms with Gasteiger partial charge in [0.15, 0.2) is 14.8 Å². The van der Waals surface area contributed by atoms with Gasteiger partial charge in [0.05, 0.1) is 24.3 Å². The van der Waals surface area contributed by atoms with E-state index in [1.807, 2.05) is 0 Å². The topological polar surface area (TPSA) is 18.5 Å². The largest absolute Gasteiger partial charge is 0.331 e. The molecule has 4 aromatic carbocycles. The van der Waals surface area contributed by atoms with Gasteiger partial charge >= 0.3 is 0 Å². The molecular formula is C33H32F6O2P6. The summed E-state index contributed by atoms with van der Waals surface area (Å²) >= 11 is 0. The first-order chi connectivity index (χ1) is 22.4. The standard InChI is InChI=1S/C33H32F6O2P6/c34-44(35)24-42(30-14-5-1-6-15-30,31-16-7-2-8-17-31)26-46(38,28-44)40-22-13-23-41-47(39)27-43(25-45(36,37)29-47,32-18-9-3-10-19-32)33-20-11-4-12-21-33/h1-12,14-21,24-29H,13,22-23H2/t46-,47+. The molecule has 0 amide bonds. The van der Waals surface area contributed by atoms with Crippen LogP contribution in [0, 0.1) is 0 Å². The highest BCUT2D eigenvalue weighted by Gasteiger charge is 2.38. The van der Waals surface area contributed by atoms with Gasteiger partial charge in [-0.05, 0) is 41.4 Å². The quantitative estimate of drug-likeness (QED) is 0.0911. The molecule has 0 aromatic heterocycles. The molecule has 2 atom stereocenters. The van der Waals surface area contributed by atoms with Gasteiger partial charge in [-0.2, -0.15) is 25.2 Å². The molecule has 0 bridgehead atoms. The summed E-state index contributed by atoms with van der Waals surface area (Å²) < 4.78 is 106. The zero-order chi connectivity index (χ0) is 33.2. The summed E-state index contributed by atoms with van der Waals surface area (Å²) in [5, 5.41) is 2.35. The van der Waals surface area contributed by atoms with E-state index >= 15 is 25.2 Å². The highest BCUT2D eigenvalue weighted by Crippen LogP contribution is 2.71. The summed E-state index contributed by atoms with van der Waals surface area (Å²) in [4.78, 5) is 0. The van der Waals surface area contributed by atoms with Crippen LogP contribution in [0.1, 0.15) is 6.42 Å². The molecule has 2 nitrogen and oxygen atoms in total.